The molecule has 0 atom stereocenters. The summed E-state index contributed by atoms with van der Waals surface area (Å²) in [6, 6.07) is 0. The van der Waals surface area contributed by atoms with Crippen LogP contribution in [0.15, 0.2) is 5.51 Å². The van der Waals surface area contributed by atoms with Crippen LogP contribution in [0.2, 0.25) is 0 Å². The maximum Gasteiger partial charge on any atom is 0.357 e. The highest BCUT2D eigenvalue weighted by atomic mass is 32.1. The SMILES string of the molecule is COC(=O)c1ncsc1C1CC1. The molecule has 0 aliphatic heterocycles. The maximum absolute atomic E-state index is 11.1. The predicted octanol–water partition coefficient (Wildman–Crippen LogP) is 1.81. The van der Waals surface area contributed by atoms with Crippen LogP contribution in [0.1, 0.15) is 34.1 Å². The Bertz CT molecular complexity index is 304. The van der Waals surface area contributed by atoms with Crippen molar-refractivity contribution in [2.24, 2.45) is 0 Å². The lowest BCUT2D eigenvalue weighted by Crippen LogP contribution is -2.03. The minimum Gasteiger partial charge on any atom is -0.464 e. The van der Waals surface area contributed by atoms with Crippen LogP contribution >= 0.6 is 11.3 Å². The first-order valence-corrected chi connectivity index (χ1v) is 4.72. The van der Waals surface area contributed by atoms with Crippen molar-refractivity contribution in [2.45, 2.75) is 18.8 Å². The molecule has 1 aromatic rings. The zero-order valence-electron chi connectivity index (χ0n) is 6.74. The van der Waals surface area contributed by atoms with Crippen LogP contribution in [0, 0.1) is 0 Å². The number of carbonyl (C=O) groups excluding carboxylic acids is 1. The second kappa shape index (κ2) is 2.86. The molecule has 1 heterocycles. The third kappa shape index (κ3) is 1.22. The molecular weight excluding hydrogens is 174 g/mol. The van der Waals surface area contributed by atoms with Crippen molar-refractivity contribution in [3.8, 4) is 0 Å². The molecule has 1 aliphatic carbocycles. The molecule has 0 spiro atoms. The molecule has 1 saturated carbocycles. The predicted molar refractivity (Wildman–Crippen MR) is 45.4 cm³/mol. The molecule has 12 heavy (non-hydrogen) atoms. The van der Waals surface area contributed by atoms with E-state index in [9.17, 15) is 4.79 Å². The lowest BCUT2D eigenvalue weighted by atomic mass is 10.3. The molecule has 0 bridgehead atoms. The van der Waals surface area contributed by atoms with Crippen LogP contribution in [0.3, 0.4) is 0 Å². The lowest BCUT2D eigenvalue weighted by molar-refractivity contribution is 0.0593. The van der Waals surface area contributed by atoms with Crippen molar-refractivity contribution in [1.82, 2.24) is 4.98 Å². The van der Waals surface area contributed by atoms with E-state index in [1.807, 2.05) is 0 Å². The molecule has 64 valence electrons. The van der Waals surface area contributed by atoms with E-state index in [0.717, 1.165) is 4.88 Å². The van der Waals surface area contributed by atoms with E-state index in [1.54, 1.807) is 16.8 Å². The first-order chi connectivity index (χ1) is 5.83. The van der Waals surface area contributed by atoms with Crippen molar-refractivity contribution in [2.75, 3.05) is 7.11 Å². The van der Waals surface area contributed by atoms with Gasteiger partial charge in [0.25, 0.3) is 0 Å². The number of carbonyl (C=O) groups is 1. The monoisotopic (exact) mass is 183 g/mol. The summed E-state index contributed by atoms with van der Waals surface area (Å²) in [6.45, 7) is 0. The Morgan fingerprint density at radius 1 is 1.75 bits per heavy atom. The zero-order valence-corrected chi connectivity index (χ0v) is 7.56. The highest BCUT2D eigenvalue weighted by Crippen LogP contribution is 2.43. The molecule has 1 aromatic heterocycles. The fourth-order valence-electron chi connectivity index (χ4n) is 1.14. The average molecular weight is 183 g/mol. The molecule has 4 heteroatoms. The van der Waals surface area contributed by atoms with Gasteiger partial charge in [0, 0.05) is 4.88 Å². The Labute approximate surface area is 74.4 Å². The first kappa shape index (κ1) is 7.73. The number of methoxy groups -OCH3 is 1. The normalized spacial score (nSPS) is 16.1. The standard InChI is InChI=1S/C8H9NO2S/c1-11-8(10)6-7(5-2-3-5)12-4-9-6/h4-5H,2-3H2,1H3. The molecule has 1 fully saturated rings. The van der Waals surface area contributed by atoms with E-state index in [2.05, 4.69) is 9.72 Å². The van der Waals surface area contributed by atoms with Gasteiger partial charge < -0.3 is 4.74 Å². The molecule has 0 saturated heterocycles. The highest BCUT2D eigenvalue weighted by molar-refractivity contribution is 7.10. The van der Waals surface area contributed by atoms with Crippen molar-refractivity contribution in [1.29, 1.82) is 0 Å². The number of hydrogen-bond donors (Lipinski definition) is 0. The summed E-state index contributed by atoms with van der Waals surface area (Å²) in [5, 5.41) is 0. The van der Waals surface area contributed by atoms with E-state index >= 15 is 0 Å². The van der Waals surface area contributed by atoms with Gasteiger partial charge in [-0.1, -0.05) is 0 Å². The van der Waals surface area contributed by atoms with Gasteiger partial charge in [-0.15, -0.1) is 11.3 Å². The second-order valence-electron chi connectivity index (χ2n) is 2.83. The Morgan fingerprint density at radius 3 is 3.08 bits per heavy atom. The molecule has 0 N–H and O–H groups in total. The van der Waals surface area contributed by atoms with Gasteiger partial charge in [0.15, 0.2) is 5.69 Å². The summed E-state index contributed by atoms with van der Waals surface area (Å²) in [4.78, 5) is 16.2. The van der Waals surface area contributed by atoms with E-state index < -0.39 is 0 Å². The van der Waals surface area contributed by atoms with Crippen LogP contribution < -0.4 is 0 Å². The van der Waals surface area contributed by atoms with Crippen LogP contribution in [0.5, 0.6) is 0 Å². The number of esters is 1. The summed E-state index contributed by atoms with van der Waals surface area (Å²) in [7, 11) is 1.39. The smallest absolute Gasteiger partial charge is 0.357 e. The highest BCUT2D eigenvalue weighted by Gasteiger charge is 2.30. The topological polar surface area (TPSA) is 39.2 Å². The van der Waals surface area contributed by atoms with Crippen LogP contribution in [0.25, 0.3) is 0 Å². The van der Waals surface area contributed by atoms with E-state index in [4.69, 9.17) is 0 Å². The van der Waals surface area contributed by atoms with Crippen molar-refractivity contribution >= 4 is 17.3 Å². The van der Waals surface area contributed by atoms with Gasteiger partial charge in [0.2, 0.25) is 0 Å². The van der Waals surface area contributed by atoms with Crippen molar-refractivity contribution < 1.29 is 9.53 Å². The number of ether oxygens (including phenoxy) is 1. The summed E-state index contributed by atoms with van der Waals surface area (Å²) in [5.41, 5.74) is 2.23. The van der Waals surface area contributed by atoms with Gasteiger partial charge in [0.1, 0.15) is 0 Å². The Kier molecular flexibility index (Phi) is 1.84. The van der Waals surface area contributed by atoms with Gasteiger partial charge in [-0.2, -0.15) is 0 Å². The summed E-state index contributed by atoms with van der Waals surface area (Å²) in [5.74, 6) is 0.268. The van der Waals surface area contributed by atoms with Crippen molar-refractivity contribution in [3.63, 3.8) is 0 Å². The number of aromatic nitrogens is 1. The quantitative estimate of drug-likeness (QED) is 0.656. The maximum atomic E-state index is 11.1. The van der Waals surface area contributed by atoms with Crippen molar-refractivity contribution in [3.05, 3.63) is 16.1 Å². The molecule has 3 nitrogen and oxygen atoms in total. The largest absolute Gasteiger partial charge is 0.464 e. The Morgan fingerprint density at radius 2 is 2.50 bits per heavy atom. The van der Waals surface area contributed by atoms with E-state index in [0.29, 0.717) is 11.6 Å². The molecular formula is C8H9NO2S. The first-order valence-electron chi connectivity index (χ1n) is 3.84. The van der Waals surface area contributed by atoms with Gasteiger partial charge in [-0.25, -0.2) is 9.78 Å². The summed E-state index contributed by atoms with van der Waals surface area (Å²) >= 11 is 1.55. The Hall–Kier alpha value is -0.900. The molecule has 0 unspecified atom stereocenters. The molecule has 1 aliphatic rings. The number of hydrogen-bond acceptors (Lipinski definition) is 4. The van der Waals surface area contributed by atoms with Gasteiger partial charge in [0.05, 0.1) is 12.6 Å². The van der Waals surface area contributed by atoms with Gasteiger partial charge >= 0.3 is 5.97 Å². The number of nitrogens with zero attached hydrogens (tertiary/aromatic N) is 1. The van der Waals surface area contributed by atoms with E-state index in [1.165, 1.54) is 20.0 Å². The minimum absolute atomic E-state index is 0.307. The van der Waals surface area contributed by atoms with Gasteiger partial charge in [-0.05, 0) is 18.8 Å². The zero-order chi connectivity index (χ0) is 8.55. The molecule has 0 radical (unpaired) electrons. The third-order valence-corrected chi connectivity index (χ3v) is 2.91. The van der Waals surface area contributed by atoms with Crippen LogP contribution in [0.4, 0.5) is 0 Å². The van der Waals surface area contributed by atoms with E-state index in [-0.39, 0.29) is 5.97 Å². The average Bonchev–Trinajstić information content (AvgIpc) is 2.83. The molecule has 0 amide bonds. The van der Waals surface area contributed by atoms with Crippen LogP contribution in [-0.4, -0.2) is 18.1 Å². The Balaban J connectivity index is 2.29. The fourth-order valence-corrected chi connectivity index (χ4v) is 2.09. The summed E-state index contributed by atoms with van der Waals surface area (Å²) < 4.78 is 4.62. The second-order valence-corrected chi connectivity index (χ2v) is 3.72. The summed E-state index contributed by atoms with van der Waals surface area (Å²) in [6.07, 6.45) is 2.37. The van der Waals surface area contributed by atoms with Crippen LogP contribution in [-0.2, 0) is 4.74 Å². The molecule has 0 aromatic carbocycles. The third-order valence-electron chi connectivity index (χ3n) is 1.92. The molecule has 2 rings (SSSR count). The fraction of sp³-hybridized carbons (Fsp3) is 0.500. The van der Waals surface area contributed by atoms with Gasteiger partial charge in [-0.3, -0.25) is 0 Å². The minimum atomic E-state index is -0.307. The number of thiazole rings is 1. The lowest BCUT2D eigenvalue weighted by Gasteiger charge is -1.96. The number of rotatable bonds is 2.